The average Bonchev–Trinajstić information content (AvgIpc) is 2.16. The minimum absolute atomic E-state index is 0.275. The number of carbonyl (C=O) groups is 1. The molecule has 3 heteroatoms. The van der Waals surface area contributed by atoms with Crippen LogP contribution in [0.15, 0.2) is 0 Å². The van der Waals surface area contributed by atoms with Crippen LogP contribution in [-0.4, -0.2) is 25.0 Å². The quantitative estimate of drug-likeness (QED) is 0.768. The fraction of sp³-hybridized carbons (Fsp3) is 0.923. The van der Waals surface area contributed by atoms with E-state index in [1.165, 1.54) is 44.9 Å². The fourth-order valence-corrected chi connectivity index (χ4v) is 2.64. The number of hydrogen-bond acceptors (Lipinski definition) is 2. The van der Waals surface area contributed by atoms with E-state index in [9.17, 15) is 4.79 Å². The first kappa shape index (κ1) is 11.9. The van der Waals surface area contributed by atoms with Crippen LogP contribution in [0.3, 0.4) is 0 Å². The number of nitrogens with one attached hydrogen (secondary N) is 2. The molecular formula is C13H24N2O. The summed E-state index contributed by atoms with van der Waals surface area (Å²) >= 11 is 0. The van der Waals surface area contributed by atoms with E-state index in [2.05, 4.69) is 10.6 Å². The maximum absolute atomic E-state index is 11.8. The molecule has 1 saturated carbocycles. The molecule has 0 unspecified atom stereocenters. The van der Waals surface area contributed by atoms with Crippen LogP contribution in [0.5, 0.6) is 0 Å². The monoisotopic (exact) mass is 224 g/mol. The third-order valence-electron chi connectivity index (χ3n) is 3.81. The minimum Gasteiger partial charge on any atom is -0.353 e. The van der Waals surface area contributed by atoms with Crippen molar-refractivity contribution in [3.8, 4) is 0 Å². The minimum atomic E-state index is 0.275. The molecule has 0 aromatic rings. The second-order valence-electron chi connectivity index (χ2n) is 5.34. The lowest BCUT2D eigenvalue weighted by atomic mass is 9.95. The highest BCUT2D eigenvalue weighted by atomic mass is 16.1. The predicted octanol–water partition coefficient (Wildman–Crippen LogP) is 1.82. The lowest BCUT2D eigenvalue weighted by Gasteiger charge is -2.28. The molecule has 0 atom stereocenters. The second kappa shape index (κ2) is 6.24. The predicted molar refractivity (Wildman–Crippen MR) is 65.2 cm³/mol. The van der Waals surface area contributed by atoms with Crippen LogP contribution >= 0.6 is 0 Å². The molecule has 2 fully saturated rings. The molecule has 1 saturated heterocycles. The molecule has 1 aliphatic heterocycles. The zero-order chi connectivity index (χ0) is 11.2. The van der Waals surface area contributed by atoms with Crippen LogP contribution in [0.1, 0.15) is 51.4 Å². The van der Waals surface area contributed by atoms with E-state index in [0.717, 1.165) is 19.5 Å². The van der Waals surface area contributed by atoms with Crippen LogP contribution < -0.4 is 10.6 Å². The average molecular weight is 224 g/mol. The van der Waals surface area contributed by atoms with Crippen molar-refractivity contribution in [3.63, 3.8) is 0 Å². The molecule has 0 aromatic carbocycles. The van der Waals surface area contributed by atoms with Crippen molar-refractivity contribution in [2.45, 2.75) is 57.4 Å². The maximum Gasteiger partial charge on any atom is 0.220 e. The number of carbonyl (C=O) groups excluding carboxylic acids is 1. The molecule has 0 spiro atoms. The Morgan fingerprint density at radius 3 is 2.25 bits per heavy atom. The SMILES string of the molecule is O=C(CC1CNC1)NC1CCCCCCC1. The van der Waals surface area contributed by atoms with Gasteiger partial charge in [-0.05, 0) is 31.8 Å². The first-order chi connectivity index (χ1) is 7.84. The molecule has 1 heterocycles. The van der Waals surface area contributed by atoms with Gasteiger partial charge in [-0.2, -0.15) is 0 Å². The molecule has 92 valence electrons. The first-order valence-corrected chi connectivity index (χ1v) is 6.84. The van der Waals surface area contributed by atoms with Gasteiger partial charge in [-0.25, -0.2) is 0 Å². The number of amides is 1. The first-order valence-electron chi connectivity index (χ1n) is 6.84. The molecule has 2 aliphatic rings. The fourth-order valence-electron chi connectivity index (χ4n) is 2.64. The van der Waals surface area contributed by atoms with E-state index in [1.54, 1.807) is 0 Å². The van der Waals surface area contributed by atoms with Crippen molar-refractivity contribution < 1.29 is 4.79 Å². The highest BCUT2D eigenvalue weighted by molar-refractivity contribution is 5.76. The number of hydrogen-bond donors (Lipinski definition) is 2. The Labute approximate surface area is 98.4 Å². The number of rotatable bonds is 3. The van der Waals surface area contributed by atoms with E-state index in [-0.39, 0.29) is 5.91 Å². The Hall–Kier alpha value is -0.570. The van der Waals surface area contributed by atoms with Crippen LogP contribution in [0.25, 0.3) is 0 Å². The maximum atomic E-state index is 11.8. The molecule has 3 nitrogen and oxygen atoms in total. The molecule has 0 aromatic heterocycles. The Morgan fingerprint density at radius 2 is 1.69 bits per heavy atom. The Kier molecular flexibility index (Phi) is 4.64. The summed E-state index contributed by atoms with van der Waals surface area (Å²) in [6, 6.07) is 0.459. The molecule has 1 amide bonds. The highest BCUT2D eigenvalue weighted by Crippen LogP contribution is 2.17. The van der Waals surface area contributed by atoms with Crippen LogP contribution in [-0.2, 0) is 4.79 Å². The van der Waals surface area contributed by atoms with E-state index in [1.807, 2.05) is 0 Å². The summed E-state index contributed by atoms with van der Waals surface area (Å²) in [6.07, 6.45) is 9.75. The summed E-state index contributed by atoms with van der Waals surface area (Å²) in [5.41, 5.74) is 0. The summed E-state index contributed by atoms with van der Waals surface area (Å²) < 4.78 is 0. The van der Waals surface area contributed by atoms with Gasteiger partial charge in [0.15, 0.2) is 0 Å². The molecule has 16 heavy (non-hydrogen) atoms. The van der Waals surface area contributed by atoms with Crippen LogP contribution in [0.4, 0.5) is 0 Å². The lowest BCUT2D eigenvalue weighted by Crippen LogP contribution is -2.45. The van der Waals surface area contributed by atoms with Crippen LogP contribution in [0, 0.1) is 5.92 Å². The van der Waals surface area contributed by atoms with Crippen LogP contribution in [0.2, 0.25) is 0 Å². The van der Waals surface area contributed by atoms with E-state index >= 15 is 0 Å². The second-order valence-corrected chi connectivity index (χ2v) is 5.34. The molecule has 2 rings (SSSR count). The Bertz CT molecular complexity index is 218. The van der Waals surface area contributed by atoms with E-state index in [0.29, 0.717) is 12.0 Å². The third-order valence-corrected chi connectivity index (χ3v) is 3.81. The van der Waals surface area contributed by atoms with Crippen molar-refractivity contribution >= 4 is 5.91 Å². The summed E-state index contributed by atoms with van der Waals surface area (Å²) in [5.74, 6) is 0.866. The highest BCUT2D eigenvalue weighted by Gasteiger charge is 2.21. The van der Waals surface area contributed by atoms with Gasteiger partial charge in [-0.15, -0.1) is 0 Å². The molecular weight excluding hydrogens is 200 g/mol. The zero-order valence-electron chi connectivity index (χ0n) is 10.1. The molecule has 2 N–H and O–H groups in total. The van der Waals surface area contributed by atoms with Gasteiger partial charge in [0.1, 0.15) is 0 Å². The summed E-state index contributed by atoms with van der Waals surface area (Å²) in [6.45, 7) is 2.05. The normalized spacial score (nSPS) is 24.2. The standard InChI is InChI=1S/C13H24N2O/c16-13(8-11-9-14-10-11)15-12-6-4-2-1-3-5-7-12/h11-12,14H,1-10H2,(H,15,16). The summed E-state index contributed by atoms with van der Waals surface area (Å²) in [4.78, 5) is 11.8. The van der Waals surface area contributed by atoms with Gasteiger partial charge in [0, 0.05) is 12.5 Å². The smallest absolute Gasteiger partial charge is 0.220 e. The van der Waals surface area contributed by atoms with Gasteiger partial charge in [-0.1, -0.05) is 32.1 Å². The van der Waals surface area contributed by atoms with Crippen molar-refractivity contribution in [3.05, 3.63) is 0 Å². The Balaban J connectivity index is 1.66. The molecule has 1 aliphatic carbocycles. The summed E-state index contributed by atoms with van der Waals surface area (Å²) in [7, 11) is 0. The Morgan fingerprint density at radius 1 is 1.06 bits per heavy atom. The molecule has 0 bridgehead atoms. The van der Waals surface area contributed by atoms with Crippen molar-refractivity contribution in [1.29, 1.82) is 0 Å². The van der Waals surface area contributed by atoms with Crippen molar-refractivity contribution in [1.82, 2.24) is 10.6 Å². The summed E-state index contributed by atoms with van der Waals surface area (Å²) in [5, 5.41) is 6.43. The van der Waals surface area contributed by atoms with Gasteiger partial charge in [0.05, 0.1) is 0 Å². The van der Waals surface area contributed by atoms with Gasteiger partial charge >= 0.3 is 0 Å². The van der Waals surface area contributed by atoms with Crippen molar-refractivity contribution in [2.24, 2.45) is 5.92 Å². The van der Waals surface area contributed by atoms with Gasteiger partial charge < -0.3 is 10.6 Å². The topological polar surface area (TPSA) is 41.1 Å². The van der Waals surface area contributed by atoms with Crippen molar-refractivity contribution in [2.75, 3.05) is 13.1 Å². The van der Waals surface area contributed by atoms with Gasteiger partial charge in [0.25, 0.3) is 0 Å². The van der Waals surface area contributed by atoms with Gasteiger partial charge in [-0.3, -0.25) is 4.79 Å². The lowest BCUT2D eigenvalue weighted by molar-refractivity contribution is -0.123. The largest absolute Gasteiger partial charge is 0.353 e. The van der Waals surface area contributed by atoms with Gasteiger partial charge in [0.2, 0.25) is 5.91 Å². The zero-order valence-corrected chi connectivity index (χ0v) is 10.1. The van der Waals surface area contributed by atoms with E-state index < -0.39 is 0 Å². The molecule has 0 radical (unpaired) electrons. The third kappa shape index (κ3) is 3.78. The van der Waals surface area contributed by atoms with E-state index in [4.69, 9.17) is 0 Å².